The van der Waals surface area contributed by atoms with Crippen LogP contribution in [0.2, 0.25) is 0 Å². The molecule has 0 spiro atoms. The monoisotopic (exact) mass is 422 g/mol. The fraction of sp³-hybridized carbons (Fsp3) is 0.130. The molecular weight excluding hydrogens is 406 g/mol. The fourth-order valence-corrected chi connectivity index (χ4v) is 3.89. The van der Waals surface area contributed by atoms with Crippen molar-refractivity contribution in [3.8, 4) is 5.75 Å². The number of carbonyl (C=O) groups excluding carboxylic acids is 1. The molecular formula is C23H16F2N2O4. The van der Waals surface area contributed by atoms with Crippen molar-refractivity contribution in [3.05, 3.63) is 81.5 Å². The number of hydrogen-bond acceptors (Lipinski definition) is 4. The fourth-order valence-electron chi connectivity index (χ4n) is 3.89. The molecule has 4 aromatic rings. The number of ether oxygens (including phenoxy) is 1. The Morgan fingerprint density at radius 3 is 2.74 bits per heavy atom. The minimum absolute atomic E-state index is 0.0592. The molecule has 0 fully saturated rings. The lowest BCUT2D eigenvalue weighted by Crippen LogP contribution is -2.19. The van der Waals surface area contributed by atoms with Gasteiger partial charge in [-0.1, -0.05) is 12.1 Å². The Morgan fingerprint density at radius 2 is 1.90 bits per heavy atom. The number of nitrogens with one attached hydrogen (secondary N) is 2. The van der Waals surface area contributed by atoms with E-state index in [1.807, 2.05) is 0 Å². The summed E-state index contributed by atoms with van der Waals surface area (Å²) in [6.45, 7) is 0.291. The van der Waals surface area contributed by atoms with Crippen LogP contribution >= 0.6 is 0 Å². The van der Waals surface area contributed by atoms with E-state index in [2.05, 4.69) is 10.3 Å². The van der Waals surface area contributed by atoms with Crippen molar-refractivity contribution in [1.29, 1.82) is 0 Å². The van der Waals surface area contributed by atoms with E-state index < -0.39 is 29.1 Å². The minimum atomic E-state index is -0.777. The van der Waals surface area contributed by atoms with Crippen LogP contribution in [0, 0.1) is 11.6 Å². The Kier molecular flexibility index (Phi) is 4.44. The number of carbonyl (C=O) groups is 1. The molecule has 2 heterocycles. The van der Waals surface area contributed by atoms with Crippen molar-refractivity contribution in [2.45, 2.75) is 12.5 Å². The predicted molar refractivity (Wildman–Crippen MR) is 111 cm³/mol. The van der Waals surface area contributed by atoms with Crippen molar-refractivity contribution in [2.24, 2.45) is 0 Å². The topological polar surface area (TPSA) is 91.4 Å². The summed E-state index contributed by atoms with van der Waals surface area (Å²) in [5.74, 6) is -1.69. The number of aliphatic hydroxyl groups excluding tert-OH is 1. The molecule has 5 rings (SSSR count). The molecule has 1 unspecified atom stereocenters. The zero-order valence-electron chi connectivity index (χ0n) is 16.0. The highest BCUT2D eigenvalue weighted by Crippen LogP contribution is 2.38. The van der Waals surface area contributed by atoms with Gasteiger partial charge in [-0.25, -0.2) is 8.78 Å². The van der Waals surface area contributed by atoms with E-state index in [1.54, 1.807) is 18.2 Å². The Balaban J connectivity index is 1.65. The third-order valence-corrected chi connectivity index (χ3v) is 5.37. The number of pyridine rings is 1. The molecule has 0 saturated carbocycles. The maximum Gasteiger partial charge on any atom is 0.258 e. The molecule has 1 aliphatic heterocycles. The maximum atomic E-state index is 14.3. The third-order valence-electron chi connectivity index (χ3n) is 5.37. The van der Waals surface area contributed by atoms with Gasteiger partial charge in [0, 0.05) is 28.3 Å². The SMILES string of the molecule is O=C(Nc1cccc2c1OCCC2O)c1cc(F)cc2c(=O)c3cc(F)ccc3[nH]c12. The number of hydrogen-bond donors (Lipinski definition) is 3. The number of halogens is 2. The molecule has 1 aliphatic rings. The number of aliphatic hydroxyl groups is 1. The van der Waals surface area contributed by atoms with Crippen molar-refractivity contribution in [2.75, 3.05) is 11.9 Å². The van der Waals surface area contributed by atoms with Crippen LogP contribution in [0.3, 0.4) is 0 Å². The predicted octanol–water partition coefficient (Wildman–Crippen LogP) is 4.03. The molecule has 0 aliphatic carbocycles. The molecule has 0 bridgehead atoms. The average molecular weight is 422 g/mol. The molecule has 1 amide bonds. The first-order valence-electron chi connectivity index (χ1n) is 9.62. The van der Waals surface area contributed by atoms with Crippen molar-refractivity contribution in [1.82, 2.24) is 4.98 Å². The largest absolute Gasteiger partial charge is 0.491 e. The lowest BCUT2D eigenvalue weighted by molar-refractivity contribution is 0.102. The summed E-state index contributed by atoms with van der Waals surface area (Å²) >= 11 is 0. The summed E-state index contributed by atoms with van der Waals surface area (Å²) in [5.41, 5.74) is 0.656. The van der Waals surface area contributed by atoms with Gasteiger partial charge >= 0.3 is 0 Å². The highest BCUT2D eigenvalue weighted by molar-refractivity contribution is 6.13. The second kappa shape index (κ2) is 7.17. The van der Waals surface area contributed by atoms with Gasteiger partial charge in [0.25, 0.3) is 5.91 Å². The van der Waals surface area contributed by atoms with Crippen LogP contribution in [0.5, 0.6) is 5.75 Å². The van der Waals surface area contributed by atoms with Gasteiger partial charge in [-0.15, -0.1) is 0 Å². The molecule has 3 N–H and O–H groups in total. The Bertz CT molecular complexity index is 1430. The van der Waals surface area contributed by atoms with E-state index in [0.717, 1.165) is 18.2 Å². The van der Waals surface area contributed by atoms with Crippen LogP contribution in [-0.2, 0) is 0 Å². The number of benzene rings is 3. The lowest BCUT2D eigenvalue weighted by atomic mass is 10.0. The standard InChI is InChI=1S/C23H16F2N2O4/c24-11-4-5-17-14(8-11)21(29)15-9-12(25)10-16(20(15)26-17)23(30)27-18-3-1-2-13-19(28)6-7-31-22(13)18/h1-5,8-10,19,28H,6-7H2,(H,26,29)(H,27,30). The Hall–Kier alpha value is -3.78. The van der Waals surface area contributed by atoms with Gasteiger partial charge in [-0.2, -0.15) is 0 Å². The van der Waals surface area contributed by atoms with E-state index in [1.165, 1.54) is 12.1 Å². The number of para-hydroxylation sites is 1. The van der Waals surface area contributed by atoms with Gasteiger partial charge in [0.15, 0.2) is 5.43 Å². The second-order valence-corrected chi connectivity index (χ2v) is 7.35. The first-order chi connectivity index (χ1) is 14.9. The second-order valence-electron chi connectivity index (χ2n) is 7.35. The van der Waals surface area contributed by atoms with E-state index in [4.69, 9.17) is 4.74 Å². The summed E-state index contributed by atoms with van der Waals surface area (Å²) in [6, 6.07) is 10.7. The zero-order valence-corrected chi connectivity index (χ0v) is 16.0. The van der Waals surface area contributed by atoms with E-state index in [0.29, 0.717) is 35.5 Å². The smallest absolute Gasteiger partial charge is 0.258 e. The van der Waals surface area contributed by atoms with Crippen LogP contribution in [-0.4, -0.2) is 22.6 Å². The van der Waals surface area contributed by atoms with Gasteiger partial charge in [0.1, 0.15) is 17.4 Å². The van der Waals surface area contributed by atoms with Crippen molar-refractivity contribution < 1.29 is 23.4 Å². The number of aromatic amines is 1. The van der Waals surface area contributed by atoms with Crippen LogP contribution in [0.15, 0.2) is 53.3 Å². The van der Waals surface area contributed by atoms with Crippen molar-refractivity contribution >= 4 is 33.4 Å². The maximum absolute atomic E-state index is 14.3. The quantitative estimate of drug-likeness (QED) is 0.426. The first kappa shape index (κ1) is 19.2. The third kappa shape index (κ3) is 3.21. The molecule has 0 radical (unpaired) electrons. The summed E-state index contributed by atoms with van der Waals surface area (Å²) in [5, 5.41) is 12.8. The highest BCUT2D eigenvalue weighted by atomic mass is 19.1. The van der Waals surface area contributed by atoms with Gasteiger partial charge in [0.05, 0.1) is 29.5 Å². The number of rotatable bonds is 2. The minimum Gasteiger partial charge on any atom is -0.491 e. The molecule has 6 nitrogen and oxygen atoms in total. The summed E-state index contributed by atoms with van der Waals surface area (Å²) in [4.78, 5) is 28.8. The molecule has 31 heavy (non-hydrogen) atoms. The van der Waals surface area contributed by atoms with Crippen LogP contribution in [0.1, 0.15) is 28.4 Å². The van der Waals surface area contributed by atoms with Gasteiger partial charge in [-0.05, 0) is 36.4 Å². The Morgan fingerprint density at radius 1 is 1.10 bits per heavy atom. The lowest BCUT2D eigenvalue weighted by Gasteiger charge is -2.24. The zero-order chi connectivity index (χ0) is 21.7. The summed E-state index contributed by atoms with van der Waals surface area (Å²) in [7, 11) is 0. The number of fused-ring (bicyclic) bond motifs is 3. The normalized spacial score (nSPS) is 15.5. The molecule has 156 valence electrons. The number of H-pyrrole nitrogens is 1. The van der Waals surface area contributed by atoms with Crippen molar-refractivity contribution in [3.63, 3.8) is 0 Å². The molecule has 1 aromatic heterocycles. The Labute approximate surface area is 174 Å². The van der Waals surface area contributed by atoms with Gasteiger partial charge < -0.3 is 20.1 Å². The van der Waals surface area contributed by atoms with Gasteiger partial charge in [-0.3, -0.25) is 9.59 Å². The molecule has 0 saturated heterocycles. The van der Waals surface area contributed by atoms with E-state index in [9.17, 15) is 23.5 Å². The summed E-state index contributed by atoms with van der Waals surface area (Å²) < 4.78 is 33.5. The van der Waals surface area contributed by atoms with E-state index in [-0.39, 0.29) is 21.9 Å². The average Bonchev–Trinajstić information content (AvgIpc) is 2.75. The van der Waals surface area contributed by atoms with Crippen LogP contribution in [0.4, 0.5) is 14.5 Å². The molecule has 8 heteroatoms. The number of amides is 1. The van der Waals surface area contributed by atoms with Crippen LogP contribution in [0.25, 0.3) is 21.8 Å². The highest BCUT2D eigenvalue weighted by Gasteiger charge is 2.24. The summed E-state index contributed by atoms with van der Waals surface area (Å²) in [6.07, 6.45) is -0.271. The number of aromatic nitrogens is 1. The number of anilines is 1. The molecule has 1 atom stereocenters. The first-order valence-corrected chi connectivity index (χ1v) is 9.62. The molecule has 3 aromatic carbocycles. The van der Waals surface area contributed by atoms with Crippen LogP contribution < -0.4 is 15.5 Å². The van der Waals surface area contributed by atoms with Gasteiger partial charge in [0.2, 0.25) is 0 Å². The van der Waals surface area contributed by atoms with E-state index >= 15 is 0 Å².